The maximum absolute atomic E-state index is 15.2. The van der Waals surface area contributed by atoms with E-state index < -0.39 is 40.5 Å². The molecule has 1 aliphatic rings. The summed E-state index contributed by atoms with van der Waals surface area (Å²) < 4.78 is 48.3. The number of amides is 2. The van der Waals surface area contributed by atoms with E-state index in [2.05, 4.69) is 25.5 Å². The Morgan fingerprint density at radius 3 is 2.49 bits per heavy atom. The van der Waals surface area contributed by atoms with Crippen molar-refractivity contribution in [3.63, 3.8) is 0 Å². The first-order valence-corrected chi connectivity index (χ1v) is 11.3. The van der Waals surface area contributed by atoms with Crippen LogP contribution in [0.4, 0.5) is 35.0 Å². The number of ether oxygens (including phenoxy) is 1. The van der Waals surface area contributed by atoms with Crippen LogP contribution in [0.1, 0.15) is 16.1 Å². The minimum absolute atomic E-state index is 0.107. The van der Waals surface area contributed by atoms with E-state index in [0.29, 0.717) is 37.2 Å². The number of carbonyl (C=O) groups excluding carboxylic acids is 2. The van der Waals surface area contributed by atoms with Gasteiger partial charge >= 0.3 is 6.03 Å². The molecule has 0 atom stereocenters. The molecule has 0 spiro atoms. The summed E-state index contributed by atoms with van der Waals surface area (Å²) in [5.41, 5.74) is 0.196. The van der Waals surface area contributed by atoms with Crippen molar-refractivity contribution in [3.05, 3.63) is 89.6 Å². The highest BCUT2D eigenvalue weighted by Crippen LogP contribution is 2.25. The van der Waals surface area contributed by atoms with Gasteiger partial charge in [0, 0.05) is 30.2 Å². The van der Waals surface area contributed by atoms with E-state index in [1.807, 2.05) is 6.07 Å². The van der Waals surface area contributed by atoms with E-state index in [1.54, 1.807) is 6.20 Å². The molecular weight excluding hydrogens is 487 g/mol. The van der Waals surface area contributed by atoms with Crippen LogP contribution in [-0.4, -0.2) is 48.1 Å². The topological polar surface area (TPSA) is 96.5 Å². The number of fused-ring (bicyclic) bond motifs is 1. The molecule has 0 aliphatic carbocycles. The van der Waals surface area contributed by atoms with Crippen molar-refractivity contribution in [1.29, 1.82) is 0 Å². The van der Waals surface area contributed by atoms with Gasteiger partial charge in [-0.1, -0.05) is 6.07 Å². The first-order valence-electron chi connectivity index (χ1n) is 11.3. The Balaban J connectivity index is 1.40. The Kier molecular flexibility index (Phi) is 6.69. The van der Waals surface area contributed by atoms with Crippen LogP contribution in [0.5, 0.6) is 0 Å². The quantitative estimate of drug-likeness (QED) is 0.378. The molecule has 5 rings (SSSR count). The number of halogens is 3. The maximum atomic E-state index is 15.2. The van der Waals surface area contributed by atoms with Crippen molar-refractivity contribution < 1.29 is 27.5 Å². The molecule has 2 aromatic heterocycles. The van der Waals surface area contributed by atoms with Gasteiger partial charge in [0.1, 0.15) is 17.3 Å². The van der Waals surface area contributed by atoms with Crippen molar-refractivity contribution in [1.82, 2.24) is 9.97 Å². The Morgan fingerprint density at radius 2 is 1.70 bits per heavy atom. The number of rotatable bonds is 5. The second-order valence-electron chi connectivity index (χ2n) is 8.29. The monoisotopic (exact) mass is 507 g/mol. The standard InChI is InChI=1S/C26H20F3N5O3/c27-16-2-1-3-18(10-16)32-26(36)33-21-12-17(28)11-20(24(21)29)25(35)22-9-15-8-19(13-30-23(15)14-31-22)34-4-6-37-7-5-34/h1-3,8-14H,4-7H2,(H2,32,33,36). The largest absolute Gasteiger partial charge is 0.378 e. The fourth-order valence-electron chi connectivity index (χ4n) is 3.97. The molecule has 0 unspecified atom stereocenters. The zero-order valence-corrected chi connectivity index (χ0v) is 19.3. The number of benzene rings is 2. The number of anilines is 3. The second-order valence-corrected chi connectivity index (χ2v) is 8.29. The highest BCUT2D eigenvalue weighted by Gasteiger charge is 2.22. The summed E-state index contributed by atoms with van der Waals surface area (Å²) in [7, 11) is 0. The lowest BCUT2D eigenvalue weighted by atomic mass is 10.0. The molecular formula is C26H20F3N5O3. The van der Waals surface area contributed by atoms with Crippen LogP contribution in [0.25, 0.3) is 10.9 Å². The Morgan fingerprint density at radius 1 is 0.892 bits per heavy atom. The van der Waals surface area contributed by atoms with Gasteiger partial charge in [0.25, 0.3) is 0 Å². The summed E-state index contributed by atoms with van der Waals surface area (Å²) in [6, 6.07) is 8.88. The molecule has 1 aliphatic heterocycles. The fourth-order valence-corrected chi connectivity index (χ4v) is 3.97. The molecule has 2 N–H and O–H groups in total. The third-order valence-electron chi connectivity index (χ3n) is 5.77. The number of morpholine rings is 1. The minimum Gasteiger partial charge on any atom is -0.378 e. The number of nitrogens with zero attached hydrogens (tertiary/aromatic N) is 3. The number of urea groups is 1. The SMILES string of the molecule is O=C(Nc1cccc(F)c1)Nc1cc(F)cc(C(=O)c2cc3cc(N4CCOCC4)cnc3cn2)c1F. The predicted molar refractivity (Wildman–Crippen MR) is 131 cm³/mol. The summed E-state index contributed by atoms with van der Waals surface area (Å²) in [5, 5.41) is 5.07. The van der Waals surface area contributed by atoms with E-state index in [1.165, 1.54) is 30.5 Å². The van der Waals surface area contributed by atoms with E-state index in [-0.39, 0.29) is 11.4 Å². The van der Waals surface area contributed by atoms with Gasteiger partial charge in [0.05, 0.1) is 48.1 Å². The third kappa shape index (κ3) is 5.36. The van der Waals surface area contributed by atoms with Gasteiger partial charge in [-0.15, -0.1) is 0 Å². The van der Waals surface area contributed by atoms with Gasteiger partial charge < -0.3 is 20.3 Å². The number of carbonyl (C=O) groups is 2. The van der Waals surface area contributed by atoms with Crippen LogP contribution >= 0.6 is 0 Å². The van der Waals surface area contributed by atoms with Crippen LogP contribution in [0.3, 0.4) is 0 Å². The van der Waals surface area contributed by atoms with Crippen LogP contribution in [0, 0.1) is 17.5 Å². The number of nitrogens with one attached hydrogen (secondary N) is 2. The first-order chi connectivity index (χ1) is 17.9. The molecule has 3 heterocycles. The highest BCUT2D eigenvalue weighted by molar-refractivity contribution is 6.10. The fraction of sp³-hybridized carbons (Fsp3) is 0.154. The molecule has 2 amide bonds. The van der Waals surface area contributed by atoms with Crippen molar-refractivity contribution in [3.8, 4) is 0 Å². The first kappa shape index (κ1) is 24.2. The molecule has 2 aromatic carbocycles. The lowest BCUT2D eigenvalue weighted by Crippen LogP contribution is -2.36. The van der Waals surface area contributed by atoms with E-state index >= 15 is 4.39 Å². The summed E-state index contributed by atoms with van der Waals surface area (Å²) in [4.78, 5) is 36.0. The minimum atomic E-state index is -1.14. The van der Waals surface area contributed by atoms with Crippen molar-refractivity contribution in [2.45, 2.75) is 0 Å². The van der Waals surface area contributed by atoms with Crippen molar-refractivity contribution >= 4 is 39.8 Å². The summed E-state index contributed by atoms with van der Waals surface area (Å²) >= 11 is 0. The van der Waals surface area contributed by atoms with Gasteiger partial charge in [-0.3, -0.25) is 14.8 Å². The summed E-state index contributed by atoms with van der Waals surface area (Å²) in [6.45, 7) is 2.57. The zero-order chi connectivity index (χ0) is 25.9. The van der Waals surface area contributed by atoms with E-state index in [0.717, 1.165) is 23.9 Å². The smallest absolute Gasteiger partial charge is 0.323 e. The number of hydrogen-bond donors (Lipinski definition) is 2. The predicted octanol–water partition coefficient (Wildman–Crippen LogP) is 4.76. The number of ketones is 1. The lowest BCUT2D eigenvalue weighted by molar-refractivity contribution is 0.103. The molecule has 188 valence electrons. The maximum Gasteiger partial charge on any atom is 0.323 e. The highest BCUT2D eigenvalue weighted by atomic mass is 19.1. The number of hydrogen-bond acceptors (Lipinski definition) is 6. The third-order valence-corrected chi connectivity index (χ3v) is 5.77. The molecule has 37 heavy (non-hydrogen) atoms. The summed E-state index contributed by atoms with van der Waals surface area (Å²) in [5.74, 6) is -3.53. The Hall–Kier alpha value is -4.51. The average Bonchev–Trinajstić information content (AvgIpc) is 2.90. The molecule has 0 bridgehead atoms. The number of aromatic nitrogens is 2. The van der Waals surface area contributed by atoms with E-state index in [9.17, 15) is 18.4 Å². The van der Waals surface area contributed by atoms with Gasteiger partial charge in [0.2, 0.25) is 5.78 Å². The van der Waals surface area contributed by atoms with Crippen LogP contribution in [0.2, 0.25) is 0 Å². The summed E-state index contributed by atoms with van der Waals surface area (Å²) in [6.07, 6.45) is 3.09. The molecule has 0 radical (unpaired) electrons. The molecule has 0 saturated carbocycles. The Bertz CT molecular complexity index is 1510. The zero-order valence-electron chi connectivity index (χ0n) is 19.3. The van der Waals surface area contributed by atoms with E-state index in [4.69, 9.17) is 4.74 Å². The molecule has 11 heteroatoms. The van der Waals surface area contributed by atoms with Crippen LogP contribution in [0.15, 0.2) is 60.9 Å². The molecule has 4 aromatic rings. The van der Waals surface area contributed by atoms with Crippen LogP contribution < -0.4 is 15.5 Å². The normalized spacial score (nSPS) is 13.4. The van der Waals surface area contributed by atoms with Crippen molar-refractivity contribution in [2.75, 3.05) is 41.8 Å². The molecule has 8 nitrogen and oxygen atoms in total. The second kappa shape index (κ2) is 10.2. The van der Waals surface area contributed by atoms with Gasteiger partial charge in [-0.05, 0) is 36.4 Å². The van der Waals surface area contributed by atoms with Gasteiger partial charge in [-0.25, -0.2) is 18.0 Å². The average molecular weight is 507 g/mol. The van der Waals surface area contributed by atoms with Gasteiger partial charge in [0.15, 0.2) is 5.82 Å². The Labute approximate surface area is 209 Å². The van der Waals surface area contributed by atoms with Crippen molar-refractivity contribution in [2.24, 2.45) is 0 Å². The number of pyridine rings is 2. The molecule has 1 saturated heterocycles. The van der Waals surface area contributed by atoms with Crippen LogP contribution in [-0.2, 0) is 4.74 Å². The lowest BCUT2D eigenvalue weighted by Gasteiger charge is -2.28. The van der Waals surface area contributed by atoms with Gasteiger partial charge in [-0.2, -0.15) is 0 Å². The molecule has 1 fully saturated rings.